The molecule has 0 fully saturated rings. The molecule has 1 aromatic rings. The fourth-order valence-corrected chi connectivity index (χ4v) is 2.03. The summed E-state index contributed by atoms with van der Waals surface area (Å²) in [5.74, 6) is -1.02. The van der Waals surface area contributed by atoms with Gasteiger partial charge in [0.15, 0.2) is 0 Å². The molecule has 0 radical (unpaired) electrons. The predicted molar refractivity (Wildman–Crippen MR) is 68.6 cm³/mol. The Balaban J connectivity index is 2.38. The number of hydrogen-bond donors (Lipinski definition) is 3. The van der Waals surface area contributed by atoms with Crippen LogP contribution in [0.1, 0.15) is 30.5 Å². The molecule has 1 rings (SSSR count). The topological polar surface area (TPSA) is 91.3 Å². The predicted octanol–water partition coefficient (Wildman–Crippen LogP) is 1.50. The Labute approximate surface area is 109 Å². The molecule has 1 heterocycles. The zero-order chi connectivity index (χ0) is 13.5. The van der Waals surface area contributed by atoms with E-state index in [1.807, 2.05) is 19.2 Å². The van der Waals surface area contributed by atoms with E-state index in [9.17, 15) is 9.59 Å². The molecule has 1 atom stereocenters. The largest absolute Gasteiger partial charge is 0.480 e. The van der Waals surface area contributed by atoms with Gasteiger partial charge >= 0.3 is 12.0 Å². The minimum Gasteiger partial charge on any atom is -0.480 e. The van der Waals surface area contributed by atoms with Gasteiger partial charge < -0.3 is 15.7 Å². The lowest BCUT2D eigenvalue weighted by Crippen LogP contribution is -2.45. The summed E-state index contributed by atoms with van der Waals surface area (Å²) in [6.45, 7) is 4.05. The van der Waals surface area contributed by atoms with Crippen LogP contribution in [0.5, 0.6) is 0 Å². The van der Waals surface area contributed by atoms with Crippen LogP contribution in [0, 0.1) is 6.92 Å². The van der Waals surface area contributed by atoms with Gasteiger partial charge in [-0.3, -0.25) is 0 Å². The van der Waals surface area contributed by atoms with E-state index in [2.05, 4.69) is 15.6 Å². The van der Waals surface area contributed by atoms with E-state index < -0.39 is 18.0 Å². The first kappa shape index (κ1) is 14.4. The summed E-state index contributed by atoms with van der Waals surface area (Å²) in [4.78, 5) is 26.5. The monoisotopic (exact) mass is 271 g/mol. The standard InChI is InChI=1S/C11H17N3O3S/c1-3-4-9(10(15)16)14-11(17)12-5-8-6-18-7(2)13-8/h6,9H,3-5H2,1-2H3,(H,15,16)(H2,12,14,17)/t9-/m1/s1. The highest BCUT2D eigenvalue weighted by molar-refractivity contribution is 7.09. The number of carboxylic acid groups (broad SMARTS) is 1. The molecular formula is C11H17N3O3S. The number of nitrogens with zero attached hydrogens (tertiary/aromatic N) is 1. The minimum atomic E-state index is -1.02. The van der Waals surface area contributed by atoms with Crippen LogP contribution in [0.3, 0.4) is 0 Å². The number of aliphatic carboxylic acids is 1. The fraction of sp³-hybridized carbons (Fsp3) is 0.545. The van der Waals surface area contributed by atoms with Crippen LogP contribution < -0.4 is 10.6 Å². The van der Waals surface area contributed by atoms with Crippen molar-refractivity contribution in [3.8, 4) is 0 Å². The first-order valence-corrected chi connectivity index (χ1v) is 6.59. The molecule has 0 saturated carbocycles. The fourth-order valence-electron chi connectivity index (χ4n) is 1.42. The third kappa shape index (κ3) is 4.70. The van der Waals surface area contributed by atoms with Gasteiger partial charge in [0.05, 0.1) is 17.2 Å². The number of amides is 2. The van der Waals surface area contributed by atoms with Crippen molar-refractivity contribution in [1.29, 1.82) is 0 Å². The molecule has 0 aliphatic heterocycles. The van der Waals surface area contributed by atoms with Gasteiger partial charge in [-0.05, 0) is 13.3 Å². The van der Waals surface area contributed by atoms with Gasteiger partial charge in [0.2, 0.25) is 0 Å². The Morgan fingerprint density at radius 1 is 1.56 bits per heavy atom. The highest BCUT2D eigenvalue weighted by Crippen LogP contribution is 2.07. The number of urea groups is 1. The van der Waals surface area contributed by atoms with Crippen LogP contribution in [0.4, 0.5) is 4.79 Å². The third-order valence-corrected chi connectivity index (χ3v) is 3.10. The molecule has 0 aliphatic carbocycles. The van der Waals surface area contributed by atoms with Gasteiger partial charge in [0.1, 0.15) is 6.04 Å². The van der Waals surface area contributed by atoms with E-state index in [1.54, 1.807) is 0 Å². The highest BCUT2D eigenvalue weighted by atomic mass is 32.1. The van der Waals surface area contributed by atoms with Crippen LogP contribution in [-0.2, 0) is 11.3 Å². The van der Waals surface area contributed by atoms with Crippen molar-refractivity contribution in [1.82, 2.24) is 15.6 Å². The summed E-state index contributed by atoms with van der Waals surface area (Å²) in [6.07, 6.45) is 1.11. The average molecular weight is 271 g/mol. The molecule has 0 unspecified atom stereocenters. The van der Waals surface area contributed by atoms with Gasteiger partial charge in [0.25, 0.3) is 0 Å². The number of carbonyl (C=O) groups is 2. The number of carbonyl (C=O) groups excluding carboxylic acids is 1. The number of hydrogen-bond acceptors (Lipinski definition) is 4. The zero-order valence-electron chi connectivity index (χ0n) is 10.4. The molecule has 0 spiro atoms. The van der Waals surface area contributed by atoms with E-state index >= 15 is 0 Å². The lowest BCUT2D eigenvalue weighted by atomic mass is 10.2. The summed E-state index contributed by atoms with van der Waals surface area (Å²) in [6, 6.07) is -1.33. The summed E-state index contributed by atoms with van der Waals surface area (Å²) < 4.78 is 0. The third-order valence-electron chi connectivity index (χ3n) is 2.28. The van der Waals surface area contributed by atoms with Crippen molar-refractivity contribution in [2.45, 2.75) is 39.3 Å². The molecule has 0 aromatic carbocycles. The molecule has 0 bridgehead atoms. The normalized spacial score (nSPS) is 11.9. The Morgan fingerprint density at radius 3 is 2.78 bits per heavy atom. The summed E-state index contributed by atoms with van der Waals surface area (Å²) in [5.41, 5.74) is 0.773. The maximum Gasteiger partial charge on any atom is 0.326 e. The Bertz CT molecular complexity index is 419. The van der Waals surface area contributed by atoms with E-state index in [4.69, 9.17) is 5.11 Å². The van der Waals surface area contributed by atoms with Crippen LogP contribution in [-0.4, -0.2) is 28.1 Å². The van der Waals surface area contributed by atoms with Crippen LogP contribution in [0.25, 0.3) is 0 Å². The molecule has 6 nitrogen and oxygen atoms in total. The lowest BCUT2D eigenvalue weighted by molar-refractivity contribution is -0.139. The molecule has 18 heavy (non-hydrogen) atoms. The zero-order valence-corrected chi connectivity index (χ0v) is 11.2. The first-order chi connectivity index (χ1) is 8.52. The second kappa shape index (κ2) is 6.95. The van der Waals surface area contributed by atoms with Gasteiger partial charge in [0, 0.05) is 5.38 Å². The van der Waals surface area contributed by atoms with Crippen molar-refractivity contribution in [3.05, 3.63) is 16.1 Å². The minimum absolute atomic E-state index is 0.300. The van der Waals surface area contributed by atoms with E-state index in [1.165, 1.54) is 11.3 Å². The van der Waals surface area contributed by atoms with Crippen LogP contribution >= 0.6 is 11.3 Å². The van der Waals surface area contributed by atoms with Crippen molar-refractivity contribution < 1.29 is 14.7 Å². The number of nitrogens with one attached hydrogen (secondary N) is 2. The van der Waals surface area contributed by atoms with Crippen molar-refractivity contribution >= 4 is 23.3 Å². The molecular weight excluding hydrogens is 254 g/mol. The molecule has 7 heteroatoms. The van der Waals surface area contributed by atoms with Gasteiger partial charge in [-0.15, -0.1) is 11.3 Å². The average Bonchev–Trinajstić information content (AvgIpc) is 2.72. The van der Waals surface area contributed by atoms with Crippen molar-refractivity contribution in [2.24, 2.45) is 0 Å². The summed E-state index contributed by atoms with van der Waals surface area (Å²) >= 11 is 1.51. The Morgan fingerprint density at radius 2 is 2.28 bits per heavy atom. The van der Waals surface area contributed by atoms with Crippen molar-refractivity contribution in [2.75, 3.05) is 0 Å². The van der Waals surface area contributed by atoms with Crippen LogP contribution in [0.15, 0.2) is 5.38 Å². The maximum absolute atomic E-state index is 11.5. The van der Waals surface area contributed by atoms with E-state index in [0.29, 0.717) is 19.4 Å². The highest BCUT2D eigenvalue weighted by Gasteiger charge is 2.18. The second-order valence-electron chi connectivity index (χ2n) is 3.86. The smallest absolute Gasteiger partial charge is 0.326 e. The molecule has 2 amide bonds. The molecule has 0 aliphatic rings. The number of thiazole rings is 1. The summed E-state index contributed by atoms with van der Waals surface area (Å²) in [5, 5.41) is 16.7. The molecule has 100 valence electrons. The number of aromatic nitrogens is 1. The maximum atomic E-state index is 11.5. The van der Waals surface area contributed by atoms with Gasteiger partial charge in [-0.1, -0.05) is 13.3 Å². The first-order valence-electron chi connectivity index (χ1n) is 5.71. The Kier molecular flexibility index (Phi) is 5.57. The lowest BCUT2D eigenvalue weighted by Gasteiger charge is -2.13. The Hall–Kier alpha value is -1.63. The number of aryl methyl sites for hydroxylation is 1. The van der Waals surface area contributed by atoms with E-state index in [0.717, 1.165) is 10.7 Å². The number of rotatable bonds is 6. The van der Waals surface area contributed by atoms with Crippen LogP contribution in [0.2, 0.25) is 0 Å². The van der Waals surface area contributed by atoms with E-state index in [-0.39, 0.29) is 0 Å². The molecule has 3 N–H and O–H groups in total. The van der Waals surface area contributed by atoms with Crippen molar-refractivity contribution in [3.63, 3.8) is 0 Å². The molecule has 0 saturated heterocycles. The summed E-state index contributed by atoms with van der Waals surface area (Å²) in [7, 11) is 0. The van der Waals surface area contributed by atoms with Gasteiger partial charge in [-0.2, -0.15) is 0 Å². The van der Waals surface area contributed by atoms with Gasteiger partial charge in [-0.25, -0.2) is 14.6 Å². The number of carboxylic acids is 1. The SMILES string of the molecule is CCC[C@@H](NC(=O)NCc1csc(C)n1)C(=O)O. The second-order valence-corrected chi connectivity index (χ2v) is 4.93. The quantitative estimate of drug-likeness (QED) is 0.731. The molecule has 1 aromatic heterocycles.